The summed E-state index contributed by atoms with van der Waals surface area (Å²) >= 11 is 1.80. The van der Waals surface area contributed by atoms with Crippen molar-refractivity contribution in [3.05, 3.63) is 57.8 Å². The number of aliphatic hydroxyl groups is 1. The maximum atomic E-state index is 12.7. The molecular formula is C21H26N2O2S. The van der Waals surface area contributed by atoms with E-state index in [0.717, 1.165) is 51.0 Å². The van der Waals surface area contributed by atoms with Gasteiger partial charge in [-0.1, -0.05) is 30.3 Å². The molecule has 5 heteroatoms. The second-order valence-corrected chi connectivity index (χ2v) is 8.40. The molecule has 0 unspecified atom stereocenters. The molecule has 2 aromatic rings. The first-order chi connectivity index (χ1) is 12.7. The number of rotatable bonds is 4. The Morgan fingerprint density at radius 3 is 2.69 bits per heavy atom. The molecule has 3 heterocycles. The van der Waals surface area contributed by atoms with E-state index in [-0.39, 0.29) is 11.8 Å². The van der Waals surface area contributed by atoms with E-state index in [1.807, 2.05) is 35.2 Å². The molecule has 2 aliphatic heterocycles. The van der Waals surface area contributed by atoms with Crippen molar-refractivity contribution in [3.63, 3.8) is 0 Å². The normalized spacial score (nSPS) is 20.0. The minimum atomic E-state index is -0.395. The molecule has 4 rings (SSSR count). The minimum Gasteiger partial charge on any atom is -0.388 e. The zero-order chi connectivity index (χ0) is 17.9. The van der Waals surface area contributed by atoms with E-state index in [4.69, 9.17) is 0 Å². The Bertz CT molecular complexity index is 737. The summed E-state index contributed by atoms with van der Waals surface area (Å²) in [5.74, 6) is 0.524. The van der Waals surface area contributed by atoms with E-state index in [0.29, 0.717) is 6.54 Å². The lowest BCUT2D eigenvalue weighted by Crippen LogP contribution is -2.45. The van der Waals surface area contributed by atoms with Crippen LogP contribution in [-0.2, 0) is 17.8 Å². The van der Waals surface area contributed by atoms with Crippen LogP contribution in [-0.4, -0.2) is 47.0 Å². The van der Waals surface area contributed by atoms with E-state index in [1.54, 1.807) is 11.3 Å². The lowest BCUT2D eigenvalue weighted by Gasteiger charge is -2.35. The summed E-state index contributed by atoms with van der Waals surface area (Å²) in [6.45, 7) is 3.89. The largest absolute Gasteiger partial charge is 0.388 e. The molecular weight excluding hydrogens is 344 g/mol. The number of hydrogen-bond acceptors (Lipinski definition) is 4. The number of fused-ring (bicyclic) bond motifs is 1. The van der Waals surface area contributed by atoms with Crippen molar-refractivity contribution in [2.75, 3.05) is 26.2 Å². The van der Waals surface area contributed by atoms with Crippen LogP contribution in [0.5, 0.6) is 0 Å². The van der Waals surface area contributed by atoms with Gasteiger partial charge in [-0.2, -0.15) is 0 Å². The number of hydrogen-bond donors (Lipinski definition) is 1. The molecule has 0 radical (unpaired) electrons. The highest BCUT2D eigenvalue weighted by Gasteiger charge is 2.28. The van der Waals surface area contributed by atoms with Gasteiger partial charge in [-0.05, 0) is 60.8 Å². The highest BCUT2D eigenvalue weighted by Crippen LogP contribution is 2.30. The molecule has 1 fully saturated rings. The molecule has 1 saturated heterocycles. The van der Waals surface area contributed by atoms with Gasteiger partial charge in [0.15, 0.2) is 0 Å². The van der Waals surface area contributed by atoms with Gasteiger partial charge in [-0.15, -0.1) is 11.3 Å². The van der Waals surface area contributed by atoms with Gasteiger partial charge in [-0.25, -0.2) is 0 Å². The zero-order valence-electron chi connectivity index (χ0n) is 15.0. The van der Waals surface area contributed by atoms with Crippen molar-refractivity contribution in [2.24, 2.45) is 5.92 Å². The number of carbonyl (C=O) groups is 1. The quantitative estimate of drug-likeness (QED) is 0.899. The van der Waals surface area contributed by atoms with Gasteiger partial charge < -0.3 is 10.0 Å². The summed E-state index contributed by atoms with van der Waals surface area (Å²) in [5.41, 5.74) is 2.32. The maximum Gasteiger partial charge on any atom is 0.237 e. The molecule has 1 N–H and O–H groups in total. The number of nitrogens with zero attached hydrogens (tertiary/aromatic N) is 2. The highest BCUT2D eigenvalue weighted by atomic mass is 32.1. The third kappa shape index (κ3) is 3.85. The van der Waals surface area contributed by atoms with Crippen molar-refractivity contribution in [2.45, 2.75) is 31.9 Å². The van der Waals surface area contributed by atoms with Crippen molar-refractivity contribution in [3.8, 4) is 0 Å². The van der Waals surface area contributed by atoms with Crippen LogP contribution >= 0.6 is 11.3 Å². The van der Waals surface area contributed by atoms with Crippen LogP contribution < -0.4 is 0 Å². The smallest absolute Gasteiger partial charge is 0.237 e. The average Bonchev–Trinajstić information content (AvgIpc) is 3.16. The number of carbonyl (C=O) groups excluding carboxylic acids is 1. The van der Waals surface area contributed by atoms with Crippen molar-refractivity contribution >= 4 is 17.2 Å². The molecule has 1 aromatic carbocycles. The second-order valence-electron chi connectivity index (χ2n) is 7.40. The Kier molecular flexibility index (Phi) is 5.38. The van der Waals surface area contributed by atoms with Crippen molar-refractivity contribution < 1.29 is 9.90 Å². The minimum absolute atomic E-state index is 0.240. The van der Waals surface area contributed by atoms with Crippen LogP contribution in [0.3, 0.4) is 0 Å². The predicted molar refractivity (Wildman–Crippen MR) is 104 cm³/mol. The van der Waals surface area contributed by atoms with Crippen LogP contribution in [0.2, 0.25) is 0 Å². The SMILES string of the molecule is O=C(CN1CCC([C@H](O)c2ccccc2)CC1)N1CCc2sccc2C1. The third-order valence-corrected chi connectivity index (χ3v) is 6.76. The molecule has 4 nitrogen and oxygen atoms in total. The van der Waals surface area contributed by atoms with E-state index in [9.17, 15) is 9.90 Å². The summed E-state index contributed by atoms with van der Waals surface area (Å²) in [4.78, 5) is 18.4. The van der Waals surface area contributed by atoms with E-state index in [2.05, 4.69) is 16.3 Å². The van der Waals surface area contributed by atoms with E-state index in [1.165, 1.54) is 10.4 Å². The van der Waals surface area contributed by atoms with Crippen LogP contribution in [0.15, 0.2) is 41.8 Å². The Hall–Kier alpha value is -1.69. The monoisotopic (exact) mass is 370 g/mol. The first-order valence-corrected chi connectivity index (χ1v) is 10.4. The van der Waals surface area contributed by atoms with Crippen molar-refractivity contribution in [1.82, 2.24) is 9.80 Å². The Labute approximate surface area is 159 Å². The van der Waals surface area contributed by atoms with Crippen LogP contribution in [0, 0.1) is 5.92 Å². The fourth-order valence-corrected chi connectivity index (χ4v) is 4.99. The van der Waals surface area contributed by atoms with Crippen LogP contribution in [0.1, 0.15) is 34.9 Å². The summed E-state index contributed by atoms with van der Waals surface area (Å²) in [5, 5.41) is 12.7. The zero-order valence-corrected chi connectivity index (χ0v) is 15.8. The fraction of sp³-hybridized carbons (Fsp3) is 0.476. The molecule has 0 aliphatic carbocycles. The van der Waals surface area contributed by atoms with Gasteiger partial charge in [-0.3, -0.25) is 9.69 Å². The van der Waals surface area contributed by atoms with Gasteiger partial charge in [0.05, 0.1) is 12.6 Å². The number of thiophene rings is 1. The first kappa shape index (κ1) is 17.7. The molecule has 0 bridgehead atoms. The molecule has 1 aromatic heterocycles. The van der Waals surface area contributed by atoms with Crippen LogP contribution in [0.25, 0.3) is 0 Å². The summed E-state index contributed by atoms with van der Waals surface area (Å²) in [6, 6.07) is 12.1. The Morgan fingerprint density at radius 1 is 1.15 bits per heavy atom. The first-order valence-electron chi connectivity index (χ1n) is 9.49. The number of amides is 1. The fourth-order valence-electron chi connectivity index (χ4n) is 4.10. The molecule has 1 atom stereocenters. The topological polar surface area (TPSA) is 43.8 Å². The van der Waals surface area contributed by atoms with Crippen molar-refractivity contribution in [1.29, 1.82) is 0 Å². The number of benzene rings is 1. The Morgan fingerprint density at radius 2 is 1.92 bits per heavy atom. The molecule has 0 saturated carbocycles. The van der Waals surface area contributed by atoms with Gasteiger partial charge in [0.2, 0.25) is 5.91 Å². The lowest BCUT2D eigenvalue weighted by atomic mass is 9.87. The standard InChI is InChI=1S/C21H26N2O2S/c24-20(23-12-8-19-18(14-23)9-13-26-19)15-22-10-6-17(7-11-22)21(25)16-4-2-1-3-5-16/h1-5,9,13,17,21,25H,6-8,10-12,14-15H2/t21-/m1/s1. The summed E-state index contributed by atoms with van der Waals surface area (Å²) in [7, 11) is 0. The second kappa shape index (κ2) is 7.91. The van der Waals surface area contributed by atoms with E-state index < -0.39 is 6.10 Å². The van der Waals surface area contributed by atoms with E-state index >= 15 is 0 Å². The average molecular weight is 371 g/mol. The number of likely N-dealkylation sites (tertiary alicyclic amines) is 1. The lowest BCUT2D eigenvalue weighted by molar-refractivity contribution is -0.133. The van der Waals surface area contributed by atoms with Gasteiger partial charge in [0, 0.05) is 18.0 Å². The van der Waals surface area contributed by atoms with Gasteiger partial charge in [0.25, 0.3) is 0 Å². The Balaban J connectivity index is 1.27. The molecule has 26 heavy (non-hydrogen) atoms. The predicted octanol–water partition coefficient (Wildman–Crippen LogP) is 3.08. The molecule has 2 aliphatic rings. The highest BCUT2D eigenvalue weighted by molar-refractivity contribution is 7.10. The summed E-state index contributed by atoms with van der Waals surface area (Å²) < 4.78 is 0. The third-order valence-electron chi connectivity index (χ3n) is 5.74. The molecule has 138 valence electrons. The van der Waals surface area contributed by atoms with Gasteiger partial charge in [0.1, 0.15) is 0 Å². The van der Waals surface area contributed by atoms with Crippen LogP contribution in [0.4, 0.5) is 0 Å². The summed E-state index contributed by atoms with van der Waals surface area (Å²) in [6.07, 6.45) is 2.48. The molecule has 0 spiro atoms. The number of aliphatic hydroxyl groups excluding tert-OH is 1. The molecule has 1 amide bonds. The maximum absolute atomic E-state index is 12.7. The van der Waals surface area contributed by atoms with Gasteiger partial charge >= 0.3 is 0 Å². The number of piperidine rings is 1.